The maximum absolute atomic E-state index is 13.0. The normalized spacial score (nSPS) is 11.8. The van der Waals surface area contributed by atoms with Crippen molar-refractivity contribution in [1.82, 2.24) is 15.1 Å². The predicted molar refractivity (Wildman–Crippen MR) is 148 cm³/mol. The highest BCUT2D eigenvalue weighted by atomic mass is 16.6. The molecule has 0 aliphatic carbocycles. The summed E-state index contributed by atoms with van der Waals surface area (Å²) in [5.41, 5.74) is -0.834. The number of benzene rings is 1. The molecule has 41 heavy (non-hydrogen) atoms. The van der Waals surface area contributed by atoms with Gasteiger partial charge in [0.05, 0.1) is 44.8 Å². The fourth-order valence-corrected chi connectivity index (χ4v) is 3.28. The van der Waals surface area contributed by atoms with Gasteiger partial charge in [-0.15, -0.1) is 4.99 Å². The van der Waals surface area contributed by atoms with Gasteiger partial charge < -0.3 is 29.0 Å². The number of esters is 2. The summed E-state index contributed by atoms with van der Waals surface area (Å²) >= 11 is 0. The third kappa shape index (κ3) is 10.1. The zero-order valence-electron chi connectivity index (χ0n) is 24.7. The van der Waals surface area contributed by atoms with Gasteiger partial charge in [0.25, 0.3) is 0 Å². The Morgan fingerprint density at radius 2 is 1.63 bits per heavy atom. The lowest BCUT2D eigenvalue weighted by Gasteiger charge is -2.21. The zero-order valence-corrected chi connectivity index (χ0v) is 24.7. The lowest BCUT2D eigenvalue weighted by Crippen LogP contribution is -2.40. The van der Waals surface area contributed by atoms with Gasteiger partial charge in [0.1, 0.15) is 17.0 Å². The van der Waals surface area contributed by atoms with E-state index in [0.29, 0.717) is 11.3 Å². The molecule has 2 aromatic rings. The standard InChI is InChI=1S/C27H37N5O9/c1-10-39-22(34)20-18(14-28-32(20)15-17-12-11-16(21(33)38-9)13-19(17)37-8)29-23(30-24(35)40-26(2,3)4)31-25(36)41-27(5,6)7/h11-14H,10,15H2,1-9H3,(H2,29,30,31,35,36). The van der Waals surface area contributed by atoms with Crippen LogP contribution < -0.4 is 15.4 Å². The highest BCUT2D eigenvalue weighted by molar-refractivity contribution is 6.08. The van der Waals surface area contributed by atoms with Crippen molar-refractivity contribution in [2.24, 2.45) is 4.99 Å². The van der Waals surface area contributed by atoms with Crippen LogP contribution in [-0.4, -0.2) is 71.9 Å². The predicted octanol–water partition coefficient (Wildman–Crippen LogP) is 4.13. The molecule has 2 N–H and O–H groups in total. The van der Waals surface area contributed by atoms with E-state index in [4.69, 9.17) is 23.7 Å². The van der Waals surface area contributed by atoms with E-state index >= 15 is 0 Å². The number of alkyl carbamates (subject to hydrolysis) is 1. The first-order chi connectivity index (χ1) is 19.1. The van der Waals surface area contributed by atoms with Gasteiger partial charge in [-0.1, -0.05) is 6.07 Å². The van der Waals surface area contributed by atoms with Crippen LogP contribution in [0.4, 0.5) is 15.3 Å². The van der Waals surface area contributed by atoms with Crippen LogP contribution in [0.25, 0.3) is 0 Å². The van der Waals surface area contributed by atoms with E-state index < -0.39 is 35.3 Å². The van der Waals surface area contributed by atoms with Gasteiger partial charge in [-0.05, 0) is 60.6 Å². The SMILES string of the molecule is CCOC(=O)c1c(N/C(=N\C(=O)OC(C)(C)C)NC(=O)OC(C)(C)C)cnn1Cc1ccc(C(=O)OC)cc1OC. The molecule has 0 radical (unpaired) electrons. The Bertz CT molecular complexity index is 1300. The van der Waals surface area contributed by atoms with E-state index in [9.17, 15) is 19.2 Å². The second-order valence-electron chi connectivity index (χ2n) is 10.5. The van der Waals surface area contributed by atoms with Crippen LogP contribution in [0.2, 0.25) is 0 Å². The van der Waals surface area contributed by atoms with E-state index in [1.165, 1.54) is 31.2 Å². The summed E-state index contributed by atoms with van der Waals surface area (Å²) in [4.78, 5) is 53.7. The number of carbonyl (C=O) groups is 4. The highest BCUT2D eigenvalue weighted by Gasteiger charge is 2.25. The van der Waals surface area contributed by atoms with Gasteiger partial charge in [-0.25, -0.2) is 19.2 Å². The molecule has 1 aromatic carbocycles. The molecule has 0 unspecified atom stereocenters. The molecule has 0 fully saturated rings. The van der Waals surface area contributed by atoms with Crippen molar-refractivity contribution in [1.29, 1.82) is 0 Å². The molecule has 0 saturated carbocycles. The summed E-state index contributed by atoms with van der Waals surface area (Å²) in [5.74, 6) is -1.31. The highest BCUT2D eigenvalue weighted by Crippen LogP contribution is 2.25. The summed E-state index contributed by atoms with van der Waals surface area (Å²) in [5, 5.41) is 9.39. The number of amides is 2. The maximum atomic E-state index is 13.0. The Hall–Kier alpha value is -4.62. The fourth-order valence-electron chi connectivity index (χ4n) is 3.28. The minimum absolute atomic E-state index is 0.0263. The van der Waals surface area contributed by atoms with E-state index in [0.717, 1.165) is 0 Å². The molecule has 14 nitrogen and oxygen atoms in total. The number of rotatable bonds is 7. The van der Waals surface area contributed by atoms with Crippen molar-refractivity contribution in [3.63, 3.8) is 0 Å². The molecule has 0 saturated heterocycles. The summed E-state index contributed by atoms with van der Waals surface area (Å²) in [7, 11) is 2.70. The number of methoxy groups -OCH3 is 2. The van der Waals surface area contributed by atoms with Gasteiger partial charge in [0, 0.05) is 5.56 Å². The number of ether oxygens (including phenoxy) is 5. The third-order valence-corrected chi connectivity index (χ3v) is 4.81. The monoisotopic (exact) mass is 575 g/mol. The van der Waals surface area contributed by atoms with Gasteiger partial charge in [0.15, 0.2) is 5.69 Å². The number of carbonyl (C=O) groups excluding carboxylic acids is 4. The molecule has 2 rings (SSSR count). The molecule has 1 aromatic heterocycles. The Balaban J connectivity index is 2.51. The minimum Gasteiger partial charge on any atom is -0.496 e. The third-order valence-electron chi connectivity index (χ3n) is 4.81. The average molecular weight is 576 g/mol. The van der Waals surface area contributed by atoms with Crippen LogP contribution in [0.3, 0.4) is 0 Å². The summed E-state index contributed by atoms with van der Waals surface area (Å²) in [6.45, 7) is 11.7. The molecule has 0 bridgehead atoms. The number of hydrogen-bond donors (Lipinski definition) is 2. The number of nitrogens with one attached hydrogen (secondary N) is 2. The van der Waals surface area contributed by atoms with Gasteiger partial charge in [-0.2, -0.15) is 5.10 Å². The Morgan fingerprint density at radius 3 is 2.20 bits per heavy atom. The van der Waals surface area contributed by atoms with Crippen molar-refractivity contribution in [3.8, 4) is 5.75 Å². The fraction of sp³-hybridized carbons (Fsp3) is 0.481. The quantitative estimate of drug-likeness (QED) is 0.211. The van der Waals surface area contributed by atoms with Crippen molar-refractivity contribution >= 4 is 35.8 Å². The Kier molecular flexibility index (Phi) is 10.8. The largest absolute Gasteiger partial charge is 0.496 e. The molecular weight excluding hydrogens is 538 g/mol. The number of anilines is 1. The molecule has 14 heteroatoms. The molecular formula is C27H37N5O9. The number of aliphatic imine (C=N–C) groups is 1. The number of aromatic nitrogens is 2. The van der Waals surface area contributed by atoms with Crippen molar-refractivity contribution in [3.05, 3.63) is 41.2 Å². The molecule has 2 amide bonds. The van der Waals surface area contributed by atoms with Gasteiger partial charge in [0.2, 0.25) is 5.96 Å². The van der Waals surface area contributed by atoms with Crippen molar-refractivity contribution in [2.45, 2.75) is 66.2 Å². The van der Waals surface area contributed by atoms with Crippen LogP contribution in [-0.2, 0) is 25.5 Å². The van der Waals surface area contributed by atoms with Crippen LogP contribution in [0.15, 0.2) is 29.4 Å². The summed E-state index contributed by atoms with van der Waals surface area (Å²) in [6, 6.07) is 4.69. The number of hydrogen-bond acceptors (Lipinski definition) is 10. The molecule has 0 spiro atoms. The lowest BCUT2D eigenvalue weighted by atomic mass is 10.1. The Labute approximate surface area is 238 Å². The topological polar surface area (TPSA) is 169 Å². The molecule has 0 atom stereocenters. The van der Waals surface area contributed by atoms with Crippen LogP contribution >= 0.6 is 0 Å². The smallest absolute Gasteiger partial charge is 0.437 e. The first kappa shape index (κ1) is 32.6. The van der Waals surface area contributed by atoms with Crippen LogP contribution in [0.1, 0.15) is 74.9 Å². The van der Waals surface area contributed by atoms with E-state index in [1.54, 1.807) is 60.6 Å². The van der Waals surface area contributed by atoms with Gasteiger partial charge >= 0.3 is 24.1 Å². The minimum atomic E-state index is -1.00. The summed E-state index contributed by atoms with van der Waals surface area (Å²) in [6.07, 6.45) is -0.618. The van der Waals surface area contributed by atoms with E-state index in [2.05, 4.69) is 20.7 Å². The summed E-state index contributed by atoms with van der Waals surface area (Å²) < 4.78 is 27.2. The molecule has 0 aliphatic rings. The van der Waals surface area contributed by atoms with Gasteiger partial charge in [-0.3, -0.25) is 10.00 Å². The van der Waals surface area contributed by atoms with E-state index in [-0.39, 0.29) is 36.1 Å². The zero-order chi connectivity index (χ0) is 31.0. The second-order valence-corrected chi connectivity index (χ2v) is 10.5. The Morgan fingerprint density at radius 1 is 0.976 bits per heavy atom. The molecule has 0 aliphatic heterocycles. The van der Waals surface area contributed by atoms with Crippen molar-refractivity contribution < 1.29 is 42.9 Å². The average Bonchev–Trinajstić information content (AvgIpc) is 3.23. The maximum Gasteiger partial charge on any atom is 0.437 e. The first-order valence-electron chi connectivity index (χ1n) is 12.6. The van der Waals surface area contributed by atoms with Crippen LogP contribution in [0.5, 0.6) is 5.75 Å². The first-order valence-corrected chi connectivity index (χ1v) is 12.6. The number of guanidine groups is 1. The van der Waals surface area contributed by atoms with Crippen LogP contribution in [0, 0.1) is 0 Å². The lowest BCUT2D eigenvalue weighted by molar-refractivity contribution is 0.0510. The second kappa shape index (κ2) is 13.6. The molecule has 1 heterocycles. The van der Waals surface area contributed by atoms with E-state index in [1.807, 2.05) is 0 Å². The molecule has 224 valence electrons. The number of nitrogens with zero attached hydrogens (tertiary/aromatic N) is 3. The van der Waals surface area contributed by atoms with Crippen molar-refractivity contribution in [2.75, 3.05) is 26.1 Å².